The van der Waals surface area contributed by atoms with Crippen LogP contribution in [0.5, 0.6) is 0 Å². The standard InChI is InChI=1S/C14H28N2O2/c1-3-14(18,4-2)11-16-13(17)9-8-12-7-5-6-10-15-12/h12,15,18H,3-11H2,1-2H3,(H,16,17). The van der Waals surface area contributed by atoms with Crippen molar-refractivity contribution in [3.63, 3.8) is 0 Å². The molecule has 1 fully saturated rings. The van der Waals surface area contributed by atoms with Gasteiger partial charge in [0.2, 0.25) is 5.91 Å². The molecule has 4 nitrogen and oxygen atoms in total. The van der Waals surface area contributed by atoms with Crippen LogP contribution in [0.4, 0.5) is 0 Å². The Morgan fingerprint density at radius 3 is 2.67 bits per heavy atom. The van der Waals surface area contributed by atoms with Gasteiger partial charge >= 0.3 is 0 Å². The number of piperidine rings is 1. The molecule has 4 heteroatoms. The largest absolute Gasteiger partial charge is 0.388 e. The van der Waals surface area contributed by atoms with Gasteiger partial charge in [-0.05, 0) is 38.6 Å². The molecule has 0 aromatic heterocycles. The molecule has 1 unspecified atom stereocenters. The van der Waals surface area contributed by atoms with E-state index in [4.69, 9.17) is 0 Å². The average Bonchev–Trinajstić information content (AvgIpc) is 2.43. The van der Waals surface area contributed by atoms with Crippen molar-refractivity contribution in [3.05, 3.63) is 0 Å². The minimum atomic E-state index is -0.737. The molecule has 3 N–H and O–H groups in total. The Labute approximate surface area is 111 Å². The van der Waals surface area contributed by atoms with Crippen LogP contribution in [0.3, 0.4) is 0 Å². The first-order valence-electron chi connectivity index (χ1n) is 7.32. The molecule has 1 amide bonds. The fourth-order valence-electron chi connectivity index (χ4n) is 2.33. The Morgan fingerprint density at radius 1 is 1.39 bits per heavy atom. The second-order valence-corrected chi connectivity index (χ2v) is 5.39. The second-order valence-electron chi connectivity index (χ2n) is 5.39. The predicted molar refractivity (Wildman–Crippen MR) is 73.4 cm³/mol. The van der Waals surface area contributed by atoms with Crippen LogP contribution in [0.25, 0.3) is 0 Å². The number of carbonyl (C=O) groups is 1. The Morgan fingerprint density at radius 2 is 2.11 bits per heavy atom. The monoisotopic (exact) mass is 256 g/mol. The van der Waals surface area contributed by atoms with Crippen LogP contribution < -0.4 is 10.6 Å². The number of carbonyl (C=O) groups excluding carboxylic acids is 1. The van der Waals surface area contributed by atoms with Gasteiger partial charge in [0.25, 0.3) is 0 Å². The third-order valence-electron chi connectivity index (χ3n) is 4.06. The molecule has 0 aliphatic carbocycles. The Balaban J connectivity index is 2.17. The minimum absolute atomic E-state index is 0.0581. The molecule has 0 saturated carbocycles. The van der Waals surface area contributed by atoms with Gasteiger partial charge in [0.15, 0.2) is 0 Å². The molecule has 1 atom stereocenters. The number of rotatable bonds is 7. The highest BCUT2D eigenvalue weighted by atomic mass is 16.3. The van der Waals surface area contributed by atoms with Gasteiger partial charge in [0.1, 0.15) is 0 Å². The first-order chi connectivity index (χ1) is 8.59. The van der Waals surface area contributed by atoms with Crippen LogP contribution in [-0.2, 0) is 4.79 Å². The van der Waals surface area contributed by atoms with Gasteiger partial charge in [-0.2, -0.15) is 0 Å². The molecule has 1 aliphatic heterocycles. The van der Waals surface area contributed by atoms with E-state index in [0.29, 0.717) is 31.8 Å². The molecule has 0 spiro atoms. The van der Waals surface area contributed by atoms with Gasteiger partial charge in [0, 0.05) is 19.0 Å². The summed E-state index contributed by atoms with van der Waals surface area (Å²) in [4.78, 5) is 11.7. The fraction of sp³-hybridized carbons (Fsp3) is 0.929. The molecule has 18 heavy (non-hydrogen) atoms. The molecule has 1 aliphatic rings. The normalized spacial score (nSPS) is 20.7. The molecular weight excluding hydrogens is 228 g/mol. The van der Waals surface area contributed by atoms with Gasteiger partial charge in [0.05, 0.1) is 5.60 Å². The highest BCUT2D eigenvalue weighted by molar-refractivity contribution is 5.75. The van der Waals surface area contributed by atoms with Crippen molar-refractivity contribution in [2.24, 2.45) is 0 Å². The summed E-state index contributed by atoms with van der Waals surface area (Å²) in [5.41, 5.74) is -0.737. The lowest BCUT2D eigenvalue weighted by molar-refractivity contribution is -0.122. The molecule has 0 radical (unpaired) electrons. The Kier molecular flexibility index (Phi) is 6.65. The molecule has 0 aromatic rings. The molecule has 1 rings (SSSR count). The summed E-state index contributed by atoms with van der Waals surface area (Å²) in [7, 11) is 0. The van der Waals surface area contributed by atoms with Crippen molar-refractivity contribution in [3.8, 4) is 0 Å². The van der Waals surface area contributed by atoms with Crippen molar-refractivity contribution >= 4 is 5.91 Å². The van der Waals surface area contributed by atoms with E-state index in [1.807, 2.05) is 13.8 Å². The van der Waals surface area contributed by atoms with E-state index in [1.54, 1.807) is 0 Å². The van der Waals surface area contributed by atoms with E-state index in [-0.39, 0.29) is 5.91 Å². The van der Waals surface area contributed by atoms with Crippen molar-refractivity contribution in [2.75, 3.05) is 13.1 Å². The van der Waals surface area contributed by atoms with Crippen LogP contribution in [0, 0.1) is 0 Å². The molecule has 106 valence electrons. The van der Waals surface area contributed by atoms with E-state index in [2.05, 4.69) is 10.6 Å². The van der Waals surface area contributed by atoms with Gasteiger partial charge in [-0.25, -0.2) is 0 Å². The maximum absolute atomic E-state index is 11.7. The van der Waals surface area contributed by atoms with E-state index in [9.17, 15) is 9.90 Å². The lowest BCUT2D eigenvalue weighted by Crippen LogP contribution is -2.42. The van der Waals surface area contributed by atoms with E-state index in [0.717, 1.165) is 13.0 Å². The van der Waals surface area contributed by atoms with Gasteiger partial charge in [-0.15, -0.1) is 0 Å². The quantitative estimate of drug-likeness (QED) is 0.648. The smallest absolute Gasteiger partial charge is 0.220 e. The zero-order chi connectivity index (χ0) is 13.4. The SMILES string of the molecule is CCC(O)(CC)CNC(=O)CCC1CCCCN1. The van der Waals surface area contributed by atoms with Crippen molar-refractivity contribution in [1.29, 1.82) is 0 Å². The van der Waals surface area contributed by atoms with Crippen molar-refractivity contribution < 1.29 is 9.90 Å². The van der Waals surface area contributed by atoms with Crippen molar-refractivity contribution in [1.82, 2.24) is 10.6 Å². The maximum Gasteiger partial charge on any atom is 0.220 e. The highest BCUT2D eigenvalue weighted by Gasteiger charge is 2.23. The number of amides is 1. The highest BCUT2D eigenvalue weighted by Crippen LogP contribution is 2.14. The van der Waals surface area contributed by atoms with Crippen molar-refractivity contribution in [2.45, 2.75) is 70.4 Å². The maximum atomic E-state index is 11.7. The molecule has 0 bridgehead atoms. The minimum Gasteiger partial charge on any atom is -0.388 e. The van der Waals surface area contributed by atoms with E-state index < -0.39 is 5.60 Å². The average molecular weight is 256 g/mol. The molecule has 1 saturated heterocycles. The molecule has 0 aromatic carbocycles. The van der Waals surface area contributed by atoms with Crippen LogP contribution in [0.15, 0.2) is 0 Å². The van der Waals surface area contributed by atoms with Gasteiger partial charge in [-0.1, -0.05) is 20.3 Å². The second kappa shape index (κ2) is 7.74. The van der Waals surface area contributed by atoms with Crippen LogP contribution >= 0.6 is 0 Å². The third-order valence-corrected chi connectivity index (χ3v) is 4.06. The summed E-state index contributed by atoms with van der Waals surface area (Å²) < 4.78 is 0. The Hall–Kier alpha value is -0.610. The number of hydrogen-bond acceptors (Lipinski definition) is 3. The van der Waals surface area contributed by atoms with E-state index in [1.165, 1.54) is 19.3 Å². The lowest BCUT2D eigenvalue weighted by atomic mass is 9.97. The lowest BCUT2D eigenvalue weighted by Gasteiger charge is -2.26. The van der Waals surface area contributed by atoms with Gasteiger partial charge < -0.3 is 15.7 Å². The zero-order valence-corrected chi connectivity index (χ0v) is 11.8. The topological polar surface area (TPSA) is 61.4 Å². The summed E-state index contributed by atoms with van der Waals surface area (Å²) in [5.74, 6) is 0.0581. The predicted octanol–water partition coefficient (Wildman–Crippen LogP) is 1.58. The molecular formula is C14H28N2O2. The van der Waals surface area contributed by atoms with Crippen LogP contribution in [0.2, 0.25) is 0 Å². The van der Waals surface area contributed by atoms with Gasteiger partial charge in [-0.3, -0.25) is 4.79 Å². The van der Waals surface area contributed by atoms with Crippen LogP contribution in [-0.4, -0.2) is 35.7 Å². The summed E-state index contributed by atoms with van der Waals surface area (Å²) in [6.45, 7) is 5.35. The summed E-state index contributed by atoms with van der Waals surface area (Å²) in [5, 5.41) is 16.4. The molecule has 1 heterocycles. The number of hydrogen-bond donors (Lipinski definition) is 3. The first-order valence-corrected chi connectivity index (χ1v) is 7.32. The summed E-state index contributed by atoms with van der Waals surface area (Å²) >= 11 is 0. The fourth-order valence-corrected chi connectivity index (χ4v) is 2.33. The van der Waals surface area contributed by atoms with Crippen LogP contribution in [0.1, 0.15) is 58.8 Å². The first kappa shape index (κ1) is 15.4. The summed E-state index contributed by atoms with van der Waals surface area (Å²) in [6, 6.07) is 0.501. The number of nitrogens with one attached hydrogen (secondary N) is 2. The number of aliphatic hydroxyl groups is 1. The summed E-state index contributed by atoms with van der Waals surface area (Å²) in [6.07, 6.45) is 6.51. The third kappa shape index (κ3) is 5.36. The zero-order valence-electron chi connectivity index (χ0n) is 11.8. The van der Waals surface area contributed by atoms with E-state index >= 15 is 0 Å². The Bertz CT molecular complexity index is 246.